The fourth-order valence-electron chi connectivity index (χ4n) is 0.510. The SMILES string of the molecule is [CH-]1CCNC1.[U]. The van der Waals surface area contributed by atoms with Gasteiger partial charge >= 0.3 is 0 Å². The summed E-state index contributed by atoms with van der Waals surface area (Å²) in [6.07, 6.45) is 3.51. The fraction of sp³-hybridized carbons (Fsp3) is 0.750. The summed E-state index contributed by atoms with van der Waals surface area (Å²) in [6, 6.07) is 0. The first-order valence-electron chi connectivity index (χ1n) is 2.02. The van der Waals surface area contributed by atoms with Crippen LogP contribution in [0.4, 0.5) is 0 Å². The zero-order valence-corrected chi connectivity index (χ0v) is 7.86. The van der Waals surface area contributed by atoms with Crippen LogP contribution in [0.3, 0.4) is 0 Å². The van der Waals surface area contributed by atoms with Crippen molar-refractivity contribution < 1.29 is 31.1 Å². The van der Waals surface area contributed by atoms with Gasteiger partial charge in [0.15, 0.2) is 0 Å². The molecule has 0 saturated carbocycles. The quantitative estimate of drug-likeness (QED) is 0.630. The maximum Gasteiger partial charge on any atom is 0 e. The second kappa shape index (κ2) is 4.18. The third-order valence-corrected chi connectivity index (χ3v) is 0.814. The van der Waals surface area contributed by atoms with E-state index in [2.05, 4.69) is 11.7 Å². The van der Waals surface area contributed by atoms with E-state index in [0.717, 1.165) is 6.54 Å². The second-order valence-corrected chi connectivity index (χ2v) is 1.28. The molecule has 1 saturated heterocycles. The number of hydrogen-bond donors (Lipinski definition) is 1. The monoisotopic (exact) mass is 308 g/mol. The molecule has 1 fully saturated rings. The molecule has 1 rings (SSSR count). The molecule has 1 aliphatic heterocycles. The molecule has 0 aliphatic carbocycles. The van der Waals surface area contributed by atoms with Crippen molar-refractivity contribution in [3.63, 3.8) is 0 Å². The summed E-state index contributed by atoms with van der Waals surface area (Å²) in [5.41, 5.74) is 0. The molecule has 1 aliphatic rings. The van der Waals surface area contributed by atoms with Crippen LogP contribution in [0.2, 0.25) is 0 Å². The molecule has 34 valence electrons. The Balaban J connectivity index is 0.000000250. The summed E-state index contributed by atoms with van der Waals surface area (Å²) in [6.45, 7) is 2.32. The zero-order chi connectivity index (χ0) is 3.54. The third kappa shape index (κ3) is 2.23. The van der Waals surface area contributed by atoms with Gasteiger partial charge in [0.2, 0.25) is 0 Å². The molecule has 0 atom stereocenters. The normalized spacial score (nSPS) is 20.0. The molecular formula is C4H8NU-. The molecule has 6 heavy (non-hydrogen) atoms. The average molecular weight is 308 g/mol. The topological polar surface area (TPSA) is 12.0 Å². The first-order valence-corrected chi connectivity index (χ1v) is 2.02. The van der Waals surface area contributed by atoms with Gasteiger partial charge in [-0.25, -0.2) is 0 Å². The van der Waals surface area contributed by atoms with Gasteiger partial charge in [-0.2, -0.15) is 6.42 Å². The van der Waals surface area contributed by atoms with Crippen molar-refractivity contribution >= 4 is 0 Å². The first-order chi connectivity index (χ1) is 2.50. The maximum absolute atomic E-state index is 3.17. The molecule has 0 spiro atoms. The van der Waals surface area contributed by atoms with Gasteiger partial charge in [-0.1, -0.05) is 0 Å². The molecule has 0 unspecified atom stereocenters. The minimum absolute atomic E-state index is 0. The van der Waals surface area contributed by atoms with E-state index in [9.17, 15) is 0 Å². The van der Waals surface area contributed by atoms with Crippen LogP contribution in [-0.2, 0) is 0 Å². The summed E-state index contributed by atoms with van der Waals surface area (Å²) in [7, 11) is 0. The maximum atomic E-state index is 3.17. The summed E-state index contributed by atoms with van der Waals surface area (Å²) in [5, 5.41) is 3.17. The molecule has 0 bridgehead atoms. The van der Waals surface area contributed by atoms with Crippen molar-refractivity contribution in [3.8, 4) is 0 Å². The second-order valence-electron chi connectivity index (χ2n) is 1.28. The van der Waals surface area contributed by atoms with Crippen LogP contribution in [0.25, 0.3) is 0 Å². The van der Waals surface area contributed by atoms with Gasteiger partial charge in [0.25, 0.3) is 0 Å². The van der Waals surface area contributed by atoms with E-state index in [1.165, 1.54) is 13.0 Å². The van der Waals surface area contributed by atoms with Crippen molar-refractivity contribution in [2.45, 2.75) is 6.42 Å². The minimum atomic E-state index is 0. The van der Waals surface area contributed by atoms with E-state index in [0.29, 0.717) is 0 Å². The van der Waals surface area contributed by atoms with Gasteiger partial charge < -0.3 is 11.7 Å². The number of hydrogen-bond acceptors (Lipinski definition) is 1. The predicted octanol–water partition coefficient (Wildman–Crippen LogP) is 0.184. The van der Waals surface area contributed by atoms with Crippen molar-refractivity contribution in [2.24, 2.45) is 0 Å². The molecule has 0 aromatic rings. The standard InChI is InChI=1S/C4H8N.U/c1-2-4-5-3-1;/h1,5H,2-4H2;/q-1;. The van der Waals surface area contributed by atoms with Gasteiger partial charge in [0.05, 0.1) is 0 Å². The van der Waals surface area contributed by atoms with Gasteiger partial charge in [-0.05, 0) is 6.54 Å². The van der Waals surface area contributed by atoms with Crippen LogP contribution >= 0.6 is 0 Å². The molecule has 0 amide bonds. The summed E-state index contributed by atoms with van der Waals surface area (Å²) < 4.78 is 0. The van der Waals surface area contributed by atoms with Gasteiger partial charge in [0.1, 0.15) is 0 Å². The van der Waals surface area contributed by atoms with Gasteiger partial charge in [-0.15, -0.1) is 6.54 Å². The van der Waals surface area contributed by atoms with E-state index in [1.807, 2.05) is 0 Å². The Hall–Kier alpha value is 1.01. The van der Waals surface area contributed by atoms with Crippen molar-refractivity contribution in [2.75, 3.05) is 13.1 Å². The van der Waals surface area contributed by atoms with Crippen LogP contribution in [-0.4, -0.2) is 13.1 Å². The largest absolute Gasteiger partial charge is 0.349 e. The van der Waals surface area contributed by atoms with E-state index in [-0.39, 0.29) is 31.1 Å². The summed E-state index contributed by atoms with van der Waals surface area (Å²) in [5.74, 6) is 0. The van der Waals surface area contributed by atoms with Crippen LogP contribution in [0, 0.1) is 37.5 Å². The van der Waals surface area contributed by atoms with Crippen molar-refractivity contribution in [1.82, 2.24) is 5.32 Å². The van der Waals surface area contributed by atoms with E-state index in [1.54, 1.807) is 0 Å². The zero-order valence-electron chi connectivity index (χ0n) is 3.70. The van der Waals surface area contributed by atoms with E-state index < -0.39 is 0 Å². The summed E-state index contributed by atoms with van der Waals surface area (Å²) >= 11 is 0. The first kappa shape index (κ1) is 7.01. The van der Waals surface area contributed by atoms with Crippen molar-refractivity contribution in [1.29, 1.82) is 0 Å². The molecule has 1 nitrogen and oxygen atoms in total. The Morgan fingerprint density at radius 2 is 2.33 bits per heavy atom. The molecule has 1 heterocycles. The van der Waals surface area contributed by atoms with E-state index in [4.69, 9.17) is 0 Å². The Kier molecular flexibility index (Phi) is 4.88. The Morgan fingerprint density at radius 1 is 1.50 bits per heavy atom. The average Bonchev–Trinajstić information content (AvgIpc) is 1.76. The summed E-state index contributed by atoms with van der Waals surface area (Å²) in [4.78, 5) is 0. The van der Waals surface area contributed by atoms with Crippen molar-refractivity contribution in [3.05, 3.63) is 6.42 Å². The Labute approximate surface area is 62.3 Å². The van der Waals surface area contributed by atoms with Crippen LogP contribution in [0.15, 0.2) is 0 Å². The molecule has 0 aromatic heterocycles. The van der Waals surface area contributed by atoms with Crippen LogP contribution in [0.5, 0.6) is 0 Å². The number of nitrogens with one attached hydrogen (secondary N) is 1. The molecule has 2 heteroatoms. The Morgan fingerprint density at radius 3 is 2.50 bits per heavy atom. The van der Waals surface area contributed by atoms with Gasteiger partial charge in [0, 0.05) is 31.1 Å². The fourth-order valence-corrected chi connectivity index (χ4v) is 0.510. The molecule has 0 radical (unpaired) electrons. The van der Waals surface area contributed by atoms with E-state index >= 15 is 0 Å². The predicted molar refractivity (Wildman–Crippen MR) is 21.8 cm³/mol. The van der Waals surface area contributed by atoms with Crippen LogP contribution < -0.4 is 5.32 Å². The molecule has 0 aromatic carbocycles. The smallest absolute Gasteiger partial charge is 0 e. The number of rotatable bonds is 0. The molecular weight excluding hydrogens is 300 g/mol. The van der Waals surface area contributed by atoms with Gasteiger partial charge in [-0.3, -0.25) is 0 Å². The molecule has 1 N–H and O–H groups in total. The third-order valence-electron chi connectivity index (χ3n) is 0.814. The minimum Gasteiger partial charge on any atom is -0.349 e. The van der Waals surface area contributed by atoms with Crippen LogP contribution in [0.1, 0.15) is 6.42 Å². The Bertz CT molecular complexity index is 19.1.